The van der Waals surface area contributed by atoms with Crippen molar-refractivity contribution in [2.75, 3.05) is 38.0 Å². The molecule has 0 spiro atoms. The molecular weight excluding hydrogens is 358 g/mol. The van der Waals surface area contributed by atoms with Gasteiger partial charge in [0.1, 0.15) is 5.75 Å². The maximum absolute atomic E-state index is 12.8. The van der Waals surface area contributed by atoms with Gasteiger partial charge in [-0.1, -0.05) is 18.2 Å². The second-order valence-corrected chi connectivity index (χ2v) is 6.84. The Balaban J connectivity index is 1.77. The highest BCUT2D eigenvalue weighted by Crippen LogP contribution is 2.29. The minimum Gasteiger partial charge on any atom is -0.495 e. The van der Waals surface area contributed by atoms with E-state index in [1.54, 1.807) is 37.2 Å². The van der Waals surface area contributed by atoms with Gasteiger partial charge in [0.15, 0.2) is 0 Å². The quantitative estimate of drug-likeness (QED) is 0.863. The molecule has 1 saturated heterocycles. The number of ether oxygens (including phenoxy) is 1. The highest BCUT2D eigenvalue weighted by molar-refractivity contribution is 6.04. The average molecular weight is 381 g/mol. The van der Waals surface area contributed by atoms with Crippen molar-refractivity contribution in [3.63, 3.8) is 0 Å². The first-order chi connectivity index (χ1) is 13.4. The Labute approximate surface area is 163 Å². The van der Waals surface area contributed by atoms with Crippen LogP contribution in [0.5, 0.6) is 5.75 Å². The Morgan fingerprint density at radius 3 is 2.50 bits per heavy atom. The van der Waals surface area contributed by atoms with E-state index in [1.165, 1.54) is 12.0 Å². The van der Waals surface area contributed by atoms with E-state index in [1.807, 2.05) is 30.3 Å². The van der Waals surface area contributed by atoms with Gasteiger partial charge >= 0.3 is 0 Å². The lowest BCUT2D eigenvalue weighted by Crippen LogP contribution is -2.28. The molecule has 1 unspecified atom stereocenters. The molecule has 1 atom stereocenters. The van der Waals surface area contributed by atoms with Crippen LogP contribution in [0.3, 0.4) is 0 Å². The smallest absolute Gasteiger partial charge is 0.253 e. The van der Waals surface area contributed by atoms with Crippen LogP contribution < -0.4 is 15.0 Å². The van der Waals surface area contributed by atoms with Crippen molar-refractivity contribution < 1.29 is 19.1 Å². The first kappa shape index (κ1) is 19.4. The van der Waals surface area contributed by atoms with Crippen molar-refractivity contribution in [3.05, 3.63) is 54.1 Å². The van der Waals surface area contributed by atoms with Gasteiger partial charge in [-0.05, 0) is 30.3 Å². The minimum atomic E-state index is -0.481. The van der Waals surface area contributed by atoms with Gasteiger partial charge in [-0.2, -0.15) is 0 Å². The summed E-state index contributed by atoms with van der Waals surface area (Å²) in [5, 5.41) is 2.82. The molecule has 0 aromatic heterocycles. The molecule has 1 aliphatic heterocycles. The highest BCUT2D eigenvalue weighted by atomic mass is 16.5. The Morgan fingerprint density at radius 1 is 1.14 bits per heavy atom. The number of rotatable bonds is 5. The van der Waals surface area contributed by atoms with E-state index < -0.39 is 5.92 Å². The summed E-state index contributed by atoms with van der Waals surface area (Å²) in [6.07, 6.45) is 0.138. The third-order valence-electron chi connectivity index (χ3n) is 4.67. The molecule has 1 heterocycles. The molecule has 146 valence electrons. The molecule has 2 aromatic rings. The zero-order valence-corrected chi connectivity index (χ0v) is 16.1. The number of hydrogen-bond acceptors (Lipinski definition) is 4. The zero-order valence-electron chi connectivity index (χ0n) is 16.1. The van der Waals surface area contributed by atoms with Crippen LogP contribution in [0.25, 0.3) is 0 Å². The molecule has 1 fully saturated rings. The summed E-state index contributed by atoms with van der Waals surface area (Å²) in [4.78, 5) is 40.4. The molecule has 7 nitrogen and oxygen atoms in total. The Hall–Kier alpha value is -3.35. The van der Waals surface area contributed by atoms with Gasteiger partial charge in [0.25, 0.3) is 5.91 Å². The Kier molecular flexibility index (Phi) is 5.63. The monoisotopic (exact) mass is 381 g/mol. The van der Waals surface area contributed by atoms with Gasteiger partial charge in [-0.25, -0.2) is 0 Å². The number of carbonyl (C=O) groups excluding carboxylic acids is 3. The predicted molar refractivity (Wildman–Crippen MR) is 107 cm³/mol. The lowest BCUT2D eigenvalue weighted by Gasteiger charge is -2.17. The van der Waals surface area contributed by atoms with E-state index in [0.29, 0.717) is 23.5 Å². The van der Waals surface area contributed by atoms with Crippen LogP contribution in [0, 0.1) is 5.92 Å². The molecule has 0 radical (unpaired) electrons. The van der Waals surface area contributed by atoms with Crippen molar-refractivity contribution >= 4 is 29.1 Å². The summed E-state index contributed by atoms with van der Waals surface area (Å²) in [7, 11) is 4.81. The molecule has 2 aromatic carbocycles. The molecule has 28 heavy (non-hydrogen) atoms. The predicted octanol–water partition coefficient (Wildman–Crippen LogP) is 2.39. The van der Waals surface area contributed by atoms with E-state index in [9.17, 15) is 14.4 Å². The van der Waals surface area contributed by atoms with Crippen molar-refractivity contribution in [1.82, 2.24) is 4.90 Å². The topological polar surface area (TPSA) is 79.0 Å². The van der Waals surface area contributed by atoms with Gasteiger partial charge < -0.3 is 19.9 Å². The summed E-state index contributed by atoms with van der Waals surface area (Å²) < 4.78 is 5.30. The third kappa shape index (κ3) is 3.98. The summed E-state index contributed by atoms with van der Waals surface area (Å²) in [5.41, 5.74) is 1.62. The number of carbonyl (C=O) groups is 3. The third-order valence-corrected chi connectivity index (χ3v) is 4.67. The Bertz CT molecular complexity index is 896. The normalized spacial score (nSPS) is 16.0. The van der Waals surface area contributed by atoms with Crippen molar-refractivity contribution in [2.45, 2.75) is 6.42 Å². The van der Waals surface area contributed by atoms with Crippen LogP contribution in [0.1, 0.15) is 16.8 Å². The van der Waals surface area contributed by atoms with E-state index in [4.69, 9.17) is 4.74 Å². The lowest BCUT2D eigenvalue weighted by atomic mass is 10.1. The fraction of sp³-hybridized carbons (Fsp3) is 0.286. The molecular formula is C21H23N3O4. The van der Waals surface area contributed by atoms with E-state index in [0.717, 1.165) is 5.69 Å². The number of hydrogen-bond donors (Lipinski definition) is 1. The van der Waals surface area contributed by atoms with E-state index in [2.05, 4.69) is 5.32 Å². The lowest BCUT2D eigenvalue weighted by molar-refractivity contribution is -0.122. The number of anilines is 2. The van der Waals surface area contributed by atoms with Crippen LogP contribution in [-0.2, 0) is 9.59 Å². The number of nitrogens with one attached hydrogen (secondary N) is 1. The first-order valence-corrected chi connectivity index (χ1v) is 8.96. The molecule has 1 aliphatic rings. The zero-order chi connectivity index (χ0) is 20.3. The number of methoxy groups -OCH3 is 1. The first-order valence-electron chi connectivity index (χ1n) is 8.96. The van der Waals surface area contributed by atoms with Crippen LogP contribution >= 0.6 is 0 Å². The standard InChI is InChI=1S/C21H23N3O4/c1-23(2)21(27)14-9-10-18(28-3)17(11-14)22-20(26)15-12-19(25)24(13-15)16-7-5-4-6-8-16/h4-11,15H,12-13H2,1-3H3,(H,22,26). The van der Waals surface area contributed by atoms with Crippen molar-refractivity contribution in [1.29, 1.82) is 0 Å². The SMILES string of the molecule is COc1ccc(C(=O)N(C)C)cc1NC(=O)C1CC(=O)N(c2ccccc2)C1. The highest BCUT2D eigenvalue weighted by Gasteiger charge is 2.35. The van der Waals surface area contributed by atoms with Crippen LogP contribution in [0.4, 0.5) is 11.4 Å². The van der Waals surface area contributed by atoms with E-state index >= 15 is 0 Å². The van der Waals surface area contributed by atoms with Gasteiger partial charge in [-0.3, -0.25) is 14.4 Å². The van der Waals surface area contributed by atoms with Crippen molar-refractivity contribution in [3.8, 4) is 5.75 Å². The minimum absolute atomic E-state index is 0.0881. The van der Waals surface area contributed by atoms with E-state index in [-0.39, 0.29) is 24.1 Å². The summed E-state index contributed by atoms with van der Waals surface area (Å²) in [5.74, 6) is -0.572. The largest absolute Gasteiger partial charge is 0.495 e. The summed E-state index contributed by atoms with van der Waals surface area (Å²) in [6, 6.07) is 14.2. The van der Waals surface area contributed by atoms with Crippen LogP contribution in [0.2, 0.25) is 0 Å². The van der Waals surface area contributed by atoms with Gasteiger partial charge in [0.2, 0.25) is 11.8 Å². The number of para-hydroxylation sites is 1. The molecule has 3 amide bonds. The van der Waals surface area contributed by atoms with Crippen LogP contribution in [-0.4, -0.2) is 50.4 Å². The fourth-order valence-corrected chi connectivity index (χ4v) is 3.17. The molecule has 0 aliphatic carbocycles. The van der Waals surface area contributed by atoms with Gasteiger partial charge in [0, 0.05) is 38.3 Å². The summed E-state index contributed by atoms with van der Waals surface area (Å²) >= 11 is 0. The van der Waals surface area contributed by atoms with Gasteiger partial charge in [0.05, 0.1) is 18.7 Å². The molecule has 7 heteroatoms. The Morgan fingerprint density at radius 2 is 1.86 bits per heavy atom. The molecule has 0 saturated carbocycles. The number of benzene rings is 2. The maximum atomic E-state index is 12.8. The molecule has 0 bridgehead atoms. The molecule has 1 N–H and O–H groups in total. The second-order valence-electron chi connectivity index (χ2n) is 6.84. The maximum Gasteiger partial charge on any atom is 0.253 e. The summed E-state index contributed by atoms with van der Waals surface area (Å²) in [6.45, 7) is 0.313. The average Bonchev–Trinajstić information content (AvgIpc) is 3.09. The van der Waals surface area contributed by atoms with Crippen molar-refractivity contribution in [2.24, 2.45) is 5.92 Å². The molecule has 3 rings (SSSR count). The fourth-order valence-electron chi connectivity index (χ4n) is 3.17. The number of nitrogens with zero attached hydrogens (tertiary/aromatic N) is 2. The van der Waals surface area contributed by atoms with Gasteiger partial charge in [-0.15, -0.1) is 0 Å². The second kappa shape index (κ2) is 8.12. The van der Waals surface area contributed by atoms with Crippen LogP contribution in [0.15, 0.2) is 48.5 Å². The number of amides is 3.